The quantitative estimate of drug-likeness (QED) is 0.321. The van der Waals surface area contributed by atoms with Crippen LogP contribution >= 0.6 is 0 Å². The molecule has 0 saturated heterocycles. The number of para-hydroxylation sites is 1. The van der Waals surface area contributed by atoms with E-state index < -0.39 is 5.92 Å². The van der Waals surface area contributed by atoms with E-state index in [0.29, 0.717) is 51.9 Å². The molecule has 9 heteroatoms. The third-order valence-electron chi connectivity index (χ3n) is 7.72. The number of nitrogens with one attached hydrogen (secondary N) is 2. The van der Waals surface area contributed by atoms with E-state index in [1.165, 1.54) is 11.8 Å². The van der Waals surface area contributed by atoms with Gasteiger partial charge in [-0.05, 0) is 59.9 Å². The Morgan fingerprint density at radius 2 is 1.52 bits per heavy atom. The lowest BCUT2D eigenvalue weighted by molar-refractivity contribution is -0.116. The van der Waals surface area contributed by atoms with Gasteiger partial charge in [0.25, 0.3) is 5.56 Å². The predicted molar refractivity (Wildman–Crippen MR) is 150 cm³/mol. The minimum atomic E-state index is -0.671. The molecule has 2 atom stereocenters. The number of phenolic OH excluding ortho intramolecular Hbond substituents is 1. The zero-order valence-electron chi connectivity index (χ0n) is 22.4. The number of aromatic nitrogens is 2. The van der Waals surface area contributed by atoms with E-state index in [4.69, 9.17) is 14.2 Å². The first-order valence-corrected chi connectivity index (χ1v) is 13.0. The van der Waals surface area contributed by atoms with E-state index in [-0.39, 0.29) is 29.4 Å². The highest BCUT2D eigenvalue weighted by Gasteiger charge is 2.41. The Kier molecular flexibility index (Phi) is 6.34. The second-order valence-electron chi connectivity index (χ2n) is 9.90. The summed E-state index contributed by atoms with van der Waals surface area (Å²) in [6, 6.07) is 20.0. The van der Waals surface area contributed by atoms with Crippen LogP contribution in [0.15, 0.2) is 82.8 Å². The lowest BCUT2D eigenvalue weighted by Gasteiger charge is -2.34. The van der Waals surface area contributed by atoms with Gasteiger partial charge in [-0.15, -0.1) is 0 Å². The topological polar surface area (TPSA) is 115 Å². The van der Waals surface area contributed by atoms with Crippen LogP contribution < -0.4 is 25.1 Å². The molecule has 1 aliphatic carbocycles. The first-order valence-electron chi connectivity index (χ1n) is 13.0. The lowest BCUT2D eigenvalue weighted by atomic mass is 9.72. The molecule has 1 aromatic heterocycles. The number of hydrogen-bond donors (Lipinski definition) is 3. The Balaban J connectivity index is 1.49. The first kappa shape index (κ1) is 25.4. The number of carbonyl (C=O) groups is 1. The summed E-state index contributed by atoms with van der Waals surface area (Å²) in [7, 11) is 4.64. The maximum atomic E-state index is 13.9. The Labute approximate surface area is 230 Å². The molecule has 204 valence electrons. The minimum absolute atomic E-state index is 0.0624. The van der Waals surface area contributed by atoms with Gasteiger partial charge in [-0.3, -0.25) is 14.7 Å². The average Bonchev–Trinajstić information content (AvgIpc) is 3.31. The van der Waals surface area contributed by atoms with Gasteiger partial charge < -0.3 is 24.6 Å². The number of Topliss-reactive ketones (excluding diaryl/α,β-unsaturated/α-hetero) is 1. The fourth-order valence-corrected chi connectivity index (χ4v) is 5.81. The predicted octanol–water partition coefficient (Wildman–Crippen LogP) is 4.86. The van der Waals surface area contributed by atoms with Crippen molar-refractivity contribution in [3.63, 3.8) is 0 Å². The molecule has 1 aliphatic heterocycles. The zero-order valence-corrected chi connectivity index (χ0v) is 22.4. The van der Waals surface area contributed by atoms with Crippen LogP contribution in [0.2, 0.25) is 0 Å². The summed E-state index contributed by atoms with van der Waals surface area (Å²) in [5, 5.41) is 17.2. The number of methoxy groups -OCH3 is 3. The highest BCUT2D eigenvalue weighted by Crippen LogP contribution is 2.48. The molecule has 0 fully saturated rings. The maximum Gasteiger partial charge on any atom is 0.277 e. The van der Waals surface area contributed by atoms with Crippen LogP contribution in [0.3, 0.4) is 0 Å². The number of fused-ring (bicyclic) bond motifs is 1. The van der Waals surface area contributed by atoms with Crippen LogP contribution in [-0.2, 0) is 4.79 Å². The first-order chi connectivity index (χ1) is 19.4. The fraction of sp³-hybridized carbons (Fsp3) is 0.226. The highest BCUT2D eigenvalue weighted by atomic mass is 16.5. The SMILES string of the molecule is COc1ccc([C@H]2C3=C(C[C@H](c4ccc(OC)c(OC)c4)CC3=O)Nc3[nH]n(-c4ccccc4)c(=O)c32)cc1O. The van der Waals surface area contributed by atoms with Gasteiger partial charge in [-0.2, -0.15) is 0 Å². The zero-order chi connectivity index (χ0) is 28.0. The summed E-state index contributed by atoms with van der Waals surface area (Å²) < 4.78 is 17.6. The maximum absolute atomic E-state index is 13.9. The Morgan fingerprint density at radius 1 is 0.825 bits per heavy atom. The third-order valence-corrected chi connectivity index (χ3v) is 7.72. The molecule has 4 aromatic rings. The van der Waals surface area contributed by atoms with E-state index in [1.54, 1.807) is 32.4 Å². The average molecular weight is 540 g/mol. The number of aromatic amines is 1. The number of aromatic hydroxyl groups is 1. The van der Waals surface area contributed by atoms with Crippen LogP contribution in [-0.4, -0.2) is 42.0 Å². The Morgan fingerprint density at radius 3 is 2.23 bits per heavy atom. The van der Waals surface area contributed by atoms with Crippen molar-refractivity contribution in [2.45, 2.75) is 24.7 Å². The number of carbonyl (C=O) groups excluding carboxylic acids is 1. The molecule has 2 aliphatic rings. The van der Waals surface area contributed by atoms with Crippen LogP contribution in [0.1, 0.15) is 41.4 Å². The monoisotopic (exact) mass is 539 g/mol. The largest absolute Gasteiger partial charge is 0.504 e. The molecular weight excluding hydrogens is 510 g/mol. The van der Waals surface area contributed by atoms with Gasteiger partial charge in [0.1, 0.15) is 5.82 Å². The summed E-state index contributed by atoms with van der Waals surface area (Å²) in [6.45, 7) is 0. The van der Waals surface area contributed by atoms with E-state index in [1.807, 2.05) is 48.5 Å². The molecule has 3 aromatic carbocycles. The van der Waals surface area contributed by atoms with Crippen molar-refractivity contribution < 1.29 is 24.1 Å². The molecule has 6 rings (SSSR count). The number of ketones is 1. The van der Waals surface area contributed by atoms with Gasteiger partial charge in [-0.25, -0.2) is 4.68 Å². The molecule has 3 N–H and O–H groups in total. The summed E-state index contributed by atoms with van der Waals surface area (Å²) in [4.78, 5) is 27.8. The van der Waals surface area contributed by atoms with Crippen molar-refractivity contribution in [2.75, 3.05) is 26.6 Å². The number of benzene rings is 3. The number of anilines is 1. The number of ether oxygens (including phenoxy) is 3. The van der Waals surface area contributed by atoms with Gasteiger partial charge in [0.2, 0.25) is 0 Å². The van der Waals surface area contributed by atoms with Crippen molar-refractivity contribution in [1.82, 2.24) is 9.78 Å². The second-order valence-corrected chi connectivity index (χ2v) is 9.90. The smallest absolute Gasteiger partial charge is 0.277 e. The second kappa shape index (κ2) is 10.00. The summed E-state index contributed by atoms with van der Waals surface area (Å²) >= 11 is 0. The van der Waals surface area contributed by atoms with Crippen molar-refractivity contribution in [3.05, 3.63) is 105 Å². The van der Waals surface area contributed by atoms with Crippen molar-refractivity contribution in [3.8, 4) is 28.7 Å². The van der Waals surface area contributed by atoms with Crippen LogP contribution in [0.5, 0.6) is 23.0 Å². The normalized spacial score (nSPS) is 18.0. The summed E-state index contributed by atoms with van der Waals surface area (Å²) in [5.41, 5.74) is 3.69. The Hall–Kier alpha value is -4.92. The van der Waals surface area contributed by atoms with E-state index >= 15 is 0 Å². The van der Waals surface area contributed by atoms with Crippen LogP contribution in [0.25, 0.3) is 5.69 Å². The van der Waals surface area contributed by atoms with E-state index in [9.17, 15) is 14.7 Å². The van der Waals surface area contributed by atoms with Crippen LogP contribution in [0, 0.1) is 0 Å². The molecule has 40 heavy (non-hydrogen) atoms. The van der Waals surface area contributed by atoms with E-state index in [2.05, 4.69) is 10.4 Å². The number of nitrogens with zero attached hydrogens (tertiary/aromatic N) is 1. The summed E-state index contributed by atoms with van der Waals surface area (Å²) in [6.07, 6.45) is 0.814. The molecule has 0 radical (unpaired) electrons. The summed E-state index contributed by atoms with van der Waals surface area (Å²) in [5.74, 6) is 1.15. The number of rotatable bonds is 6. The molecule has 0 amide bonds. The molecular formula is C31H29N3O6. The van der Waals surface area contributed by atoms with Crippen molar-refractivity contribution in [2.24, 2.45) is 0 Å². The van der Waals surface area contributed by atoms with Crippen molar-refractivity contribution in [1.29, 1.82) is 0 Å². The Bertz CT molecular complexity index is 1700. The molecule has 0 saturated carbocycles. The van der Waals surface area contributed by atoms with Gasteiger partial charge in [-0.1, -0.05) is 30.3 Å². The highest BCUT2D eigenvalue weighted by molar-refractivity contribution is 6.01. The molecule has 0 unspecified atom stereocenters. The molecule has 9 nitrogen and oxygen atoms in total. The van der Waals surface area contributed by atoms with Gasteiger partial charge >= 0.3 is 0 Å². The van der Waals surface area contributed by atoms with E-state index in [0.717, 1.165) is 11.3 Å². The molecule has 0 bridgehead atoms. The van der Waals surface area contributed by atoms with Gasteiger partial charge in [0, 0.05) is 23.6 Å². The number of allylic oxidation sites excluding steroid dienone is 2. The minimum Gasteiger partial charge on any atom is -0.504 e. The lowest BCUT2D eigenvalue weighted by Crippen LogP contribution is -2.32. The molecule has 0 spiro atoms. The van der Waals surface area contributed by atoms with Crippen molar-refractivity contribution >= 4 is 11.6 Å². The fourth-order valence-electron chi connectivity index (χ4n) is 5.81. The molecule has 2 heterocycles. The number of H-pyrrole nitrogens is 1. The number of hydrogen-bond acceptors (Lipinski definition) is 7. The number of phenols is 1. The standard InChI is InChI=1S/C31H29N3O6/c1-38-24-11-10-18(14-22(24)35)27-28-21(32-30-29(27)31(37)34(33-30)20-7-5-4-6-8-20)13-19(15-23(28)36)17-9-12-25(39-2)26(16-17)40-3/h4-12,14,16,19,27,32-33,35H,13,15H2,1-3H3/t19-,27-/m0/s1. The van der Waals surface area contributed by atoms with Gasteiger partial charge in [0.05, 0.1) is 32.6 Å². The van der Waals surface area contributed by atoms with Crippen LogP contribution in [0.4, 0.5) is 5.82 Å². The third kappa shape index (κ3) is 4.10. The van der Waals surface area contributed by atoms with Gasteiger partial charge in [0.15, 0.2) is 28.8 Å².